The highest BCUT2D eigenvalue weighted by Crippen LogP contribution is 2.28. The van der Waals surface area contributed by atoms with Crippen LogP contribution in [0, 0.1) is 6.92 Å². The van der Waals surface area contributed by atoms with Crippen molar-refractivity contribution in [2.24, 2.45) is 0 Å². The van der Waals surface area contributed by atoms with Crippen LogP contribution in [0.2, 0.25) is 10.0 Å². The van der Waals surface area contributed by atoms with Crippen molar-refractivity contribution in [2.75, 3.05) is 4.84 Å². The highest BCUT2D eigenvalue weighted by Gasteiger charge is 2.02. The summed E-state index contributed by atoms with van der Waals surface area (Å²) in [5, 5.41) is 1.17. The normalized spacial score (nSPS) is 9.82. The van der Waals surface area contributed by atoms with Crippen LogP contribution in [0.25, 0.3) is 0 Å². The second kappa shape index (κ2) is 3.53. The number of aryl methyl sites for hydroxylation is 1. The third-order valence-corrected chi connectivity index (χ3v) is 2.27. The molecule has 11 heavy (non-hydrogen) atoms. The first-order valence-electron chi connectivity index (χ1n) is 2.97. The van der Waals surface area contributed by atoms with Crippen molar-refractivity contribution in [1.29, 1.82) is 0 Å². The molecule has 0 spiro atoms. The molecule has 60 valence electrons. The molecule has 0 aromatic heterocycles. The molecule has 1 aromatic carbocycles. The van der Waals surface area contributed by atoms with Crippen molar-refractivity contribution in [3.05, 3.63) is 27.7 Å². The molecule has 1 rings (SSSR count). The molecular weight excluding hydrogens is 204 g/mol. The molecule has 0 radical (unpaired) electrons. The molecule has 4 heteroatoms. The summed E-state index contributed by atoms with van der Waals surface area (Å²) in [6.45, 7) is 1.89. The number of rotatable bonds is 1. The molecule has 0 bridgehead atoms. The minimum Gasteiger partial charge on any atom is -0.297 e. The van der Waals surface area contributed by atoms with E-state index in [9.17, 15) is 0 Å². The Morgan fingerprint density at radius 1 is 1.18 bits per heavy atom. The van der Waals surface area contributed by atoms with Gasteiger partial charge in [0.05, 0.1) is 10.7 Å². The van der Waals surface area contributed by atoms with Gasteiger partial charge in [-0.25, -0.2) is 0 Å². The van der Waals surface area contributed by atoms with Crippen molar-refractivity contribution in [3.8, 4) is 0 Å². The molecule has 0 atom stereocenters. The van der Waals surface area contributed by atoms with Gasteiger partial charge in [0.15, 0.2) is 0 Å². The van der Waals surface area contributed by atoms with Crippen LogP contribution in [-0.4, -0.2) is 0 Å². The van der Waals surface area contributed by atoms with E-state index in [2.05, 4.69) is 4.84 Å². The van der Waals surface area contributed by atoms with E-state index in [1.54, 1.807) is 12.1 Å². The predicted molar refractivity (Wildman–Crippen MR) is 50.7 cm³/mol. The van der Waals surface area contributed by atoms with E-state index in [4.69, 9.17) is 35.0 Å². The summed E-state index contributed by atoms with van der Waals surface area (Å²) in [5.41, 5.74) is 1.62. The second-order valence-corrected chi connectivity index (χ2v) is 3.18. The number of hydrogen-bond donors (Lipinski definition) is 1. The maximum Gasteiger partial charge on any atom is 0.0681 e. The van der Waals surface area contributed by atoms with Crippen molar-refractivity contribution in [3.63, 3.8) is 0 Å². The molecule has 1 aromatic rings. The molecule has 1 N–H and O–H groups in total. The van der Waals surface area contributed by atoms with Crippen LogP contribution in [0.3, 0.4) is 0 Å². The SMILES string of the molecule is Cc1cc(NCl)c(Cl)cc1Cl. The molecule has 0 saturated heterocycles. The van der Waals surface area contributed by atoms with Crippen molar-refractivity contribution >= 4 is 40.7 Å². The maximum absolute atomic E-state index is 5.79. The number of anilines is 1. The lowest BCUT2D eigenvalue weighted by Gasteiger charge is -2.03. The summed E-state index contributed by atoms with van der Waals surface area (Å²) < 4.78 is 0. The van der Waals surface area contributed by atoms with E-state index in [0.29, 0.717) is 15.7 Å². The Morgan fingerprint density at radius 3 is 2.36 bits per heavy atom. The molecule has 0 unspecified atom stereocenters. The Balaban J connectivity index is 3.21. The minimum absolute atomic E-state index is 0.524. The monoisotopic (exact) mass is 209 g/mol. The topological polar surface area (TPSA) is 12.0 Å². The molecule has 0 aliphatic heterocycles. The van der Waals surface area contributed by atoms with E-state index in [1.807, 2.05) is 6.92 Å². The molecule has 1 nitrogen and oxygen atoms in total. The highest BCUT2D eigenvalue weighted by atomic mass is 35.5. The van der Waals surface area contributed by atoms with Crippen LogP contribution in [0.5, 0.6) is 0 Å². The summed E-state index contributed by atoms with van der Waals surface area (Å²) in [5.74, 6) is 0. The molecular formula is C7H6Cl3N. The van der Waals surface area contributed by atoms with E-state index in [0.717, 1.165) is 5.56 Å². The third-order valence-electron chi connectivity index (χ3n) is 1.35. The van der Waals surface area contributed by atoms with E-state index in [-0.39, 0.29) is 0 Å². The average molecular weight is 210 g/mol. The van der Waals surface area contributed by atoms with Gasteiger partial charge in [0, 0.05) is 16.8 Å². The van der Waals surface area contributed by atoms with E-state index >= 15 is 0 Å². The van der Waals surface area contributed by atoms with Gasteiger partial charge >= 0.3 is 0 Å². The van der Waals surface area contributed by atoms with Crippen LogP contribution in [0.1, 0.15) is 5.56 Å². The van der Waals surface area contributed by atoms with Gasteiger partial charge in [-0.1, -0.05) is 23.2 Å². The molecule has 0 saturated carbocycles. The van der Waals surface area contributed by atoms with Gasteiger partial charge in [0.2, 0.25) is 0 Å². The van der Waals surface area contributed by atoms with Gasteiger partial charge in [-0.05, 0) is 24.6 Å². The summed E-state index contributed by atoms with van der Waals surface area (Å²) in [4.78, 5) is 2.44. The number of halogens is 3. The van der Waals surface area contributed by atoms with Crippen LogP contribution in [0.4, 0.5) is 5.69 Å². The maximum atomic E-state index is 5.79. The zero-order valence-corrected chi connectivity index (χ0v) is 8.06. The number of hydrogen-bond acceptors (Lipinski definition) is 1. The highest BCUT2D eigenvalue weighted by molar-refractivity contribution is 6.38. The summed E-state index contributed by atoms with van der Waals surface area (Å²) in [7, 11) is 0. The van der Waals surface area contributed by atoms with Crippen LogP contribution in [0.15, 0.2) is 12.1 Å². The first-order chi connectivity index (χ1) is 5.15. The molecule has 0 heterocycles. The van der Waals surface area contributed by atoms with E-state index in [1.165, 1.54) is 0 Å². The Bertz CT molecular complexity index is 273. The lowest BCUT2D eigenvalue weighted by molar-refractivity contribution is 1.47. The number of benzene rings is 1. The largest absolute Gasteiger partial charge is 0.297 e. The molecule has 0 aliphatic carbocycles. The Kier molecular flexibility index (Phi) is 2.88. The third kappa shape index (κ3) is 1.92. The molecule has 0 aliphatic rings. The first kappa shape index (κ1) is 8.98. The van der Waals surface area contributed by atoms with Crippen LogP contribution in [-0.2, 0) is 0 Å². The minimum atomic E-state index is 0.524. The quantitative estimate of drug-likeness (QED) is 0.694. The van der Waals surface area contributed by atoms with Gasteiger partial charge in [-0.3, -0.25) is 4.84 Å². The van der Waals surface area contributed by atoms with Crippen molar-refractivity contribution in [2.45, 2.75) is 6.92 Å². The predicted octanol–water partition coefficient (Wildman–Crippen LogP) is 3.87. The molecule has 0 fully saturated rings. The number of nitrogens with one attached hydrogen (secondary N) is 1. The Labute approximate surface area is 80.4 Å². The molecule has 0 amide bonds. The van der Waals surface area contributed by atoms with Crippen molar-refractivity contribution in [1.82, 2.24) is 0 Å². The van der Waals surface area contributed by atoms with Gasteiger partial charge in [-0.2, -0.15) is 0 Å². The fourth-order valence-corrected chi connectivity index (χ4v) is 1.36. The fourth-order valence-electron chi connectivity index (χ4n) is 0.730. The first-order valence-corrected chi connectivity index (χ1v) is 4.11. The van der Waals surface area contributed by atoms with E-state index < -0.39 is 0 Å². The van der Waals surface area contributed by atoms with Crippen molar-refractivity contribution < 1.29 is 0 Å². The standard InChI is InChI=1S/C7H6Cl3N/c1-4-2-7(11-10)6(9)3-5(4)8/h2-3,11H,1H3. The van der Waals surface area contributed by atoms with Gasteiger partial charge in [0.1, 0.15) is 0 Å². The second-order valence-electron chi connectivity index (χ2n) is 2.18. The lowest BCUT2D eigenvalue weighted by Crippen LogP contribution is -1.84. The fraction of sp³-hybridized carbons (Fsp3) is 0.143. The zero-order valence-electron chi connectivity index (χ0n) is 5.79. The zero-order chi connectivity index (χ0) is 8.43. The summed E-state index contributed by atoms with van der Waals surface area (Å²) >= 11 is 16.9. The summed E-state index contributed by atoms with van der Waals surface area (Å²) in [6.07, 6.45) is 0. The van der Waals surface area contributed by atoms with Crippen LogP contribution < -0.4 is 4.84 Å². The van der Waals surface area contributed by atoms with Crippen LogP contribution >= 0.6 is 35.0 Å². The van der Waals surface area contributed by atoms with Gasteiger partial charge in [-0.15, -0.1) is 0 Å². The Morgan fingerprint density at radius 2 is 1.82 bits per heavy atom. The lowest BCUT2D eigenvalue weighted by atomic mass is 10.2. The summed E-state index contributed by atoms with van der Waals surface area (Å²) in [6, 6.07) is 3.45. The van der Waals surface area contributed by atoms with Gasteiger partial charge in [0.25, 0.3) is 0 Å². The Hall–Kier alpha value is -0.110. The average Bonchev–Trinajstić information content (AvgIpc) is 1.97. The van der Waals surface area contributed by atoms with Gasteiger partial charge < -0.3 is 0 Å². The smallest absolute Gasteiger partial charge is 0.0681 e.